The minimum absolute atomic E-state index is 0.322. The molecular formula is C15H23ClN4O. The Hall–Kier alpha value is -1.07. The summed E-state index contributed by atoms with van der Waals surface area (Å²) in [4.78, 5) is 13.4. The number of anilines is 2. The zero-order valence-corrected chi connectivity index (χ0v) is 13.5. The molecule has 3 rings (SSSR count). The molecule has 0 spiro atoms. The second-order valence-electron chi connectivity index (χ2n) is 6.25. The van der Waals surface area contributed by atoms with Crippen molar-refractivity contribution in [2.24, 2.45) is 5.92 Å². The van der Waals surface area contributed by atoms with E-state index in [1.165, 1.54) is 12.8 Å². The molecule has 0 aromatic carbocycles. The van der Waals surface area contributed by atoms with Crippen LogP contribution in [0.4, 0.5) is 11.5 Å². The van der Waals surface area contributed by atoms with Crippen LogP contribution in [0.5, 0.6) is 0 Å². The summed E-state index contributed by atoms with van der Waals surface area (Å²) in [7, 11) is 0. The summed E-state index contributed by atoms with van der Waals surface area (Å²) < 4.78 is 5.63. The first kappa shape index (κ1) is 14.9. The largest absolute Gasteiger partial charge is 0.377 e. The van der Waals surface area contributed by atoms with Crippen molar-refractivity contribution < 1.29 is 4.74 Å². The van der Waals surface area contributed by atoms with Crippen molar-refractivity contribution in [3.8, 4) is 0 Å². The van der Waals surface area contributed by atoms with E-state index in [0.29, 0.717) is 11.3 Å². The molecule has 0 saturated carbocycles. The zero-order chi connectivity index (χ0) is 14.8. The third-order valence-electron chi connectivity index (χ3n) is 4.20. The van der Waals surface area contributed by atoms with Crippen LogP contribution in [0.3, 0.4) is 0 Å². The van der Waals surface area contributed by atoms with E-state index in [-0.39, 0.29) is 0 Å². The number of rotatable bonds is 4. The summed E-state index contributed by atoms with van der Waals surface area (Å²) in [6.07, 6.45) is 4.30. The van der Waals surface area contributed by atoms with Crippen LogP contribution < -0.4 is 9.80 Å². The minimum atomic E-state index is 0.322. The van der Waals surface area contributed by atoms with Gasteiger partial charge in [0, 0.05) is 19.6 Å². The van der Waals surface area contributed by atoms with Crippen molar-refractivity contribution >= 4 is 23.1 Å². The Morgan fingerprint density at radius 2 is 2.33 bits per heavy atom. The van der Waals surface area contributed by atoms with Crippen molar-refractivity contribution in [3.63, 3.8) is 0 Å². The number of hydrogen-bond donors (Lipinski definition) is 0. The minimum Gasteiger partial charge on any atom is -0.377 e. The first-order valence-electron chi connectivity index (χ1n) is 7.77. The molecule has 5 nitrogen and oxygen atoms in total. The van der Waals surface area contributed by atoms with Crippen molar-refractivity contribution in [2.45, 2.75) is 32.7 Å². The van der Waals surface area contributed by atoms with E-state index in [9.17, 15) is 0 Å². The predicted octanol–water partition coefficient (Wildman–Crippen LogP) is 2.59. The molecule has 2 aliphatic heterocycles. The van der Waals surface area contributed by atoms with Crippen LogP contribution in [0.1, 0.15) is 26.7 Å². The molecule has 0 amide bonds. The number of fused-ring (bicyclic) bond motifs is 3. The van der Waals surface area contributed by atoms with Crippen LogP contribution in [0, 0.1) is 5.92 Å². The van der Waals surface area contributed by atoms with Gasteiger partial charge in [-0.1, -0.05) is 13.8 Å². The number of ether oxygens (including phenoxy) is 1. The van der Waals surface area contributed by atoms with E-state index < -0.39 is 0 Å². The van der Waals surface area contributed by atoms with E-state index in [4.69, 9.17) is 16.3 Å². The van der Waals surface area contributed by atoms with E-state index >= 15 is 0 Å². The van der Waals surface area contributed by atoms with Crippen LogP contribution >= 0.6 is 11.6 Å². The Balaban J connectivity index is 1.81. The molecule has 3 heterocycles. The molecule has 0 radical (unpaired) electrons. The Bertz CT molecular complexity index is 497. The van der Waals surface area contributed by atoms with E-state index in [1.54, 1.807) is 0 Å². The zero-order valence-electron chi connectivity index (χ0n) is 12.8. The summed E-state index contributed by atoms with van der Waals surface area (Å²) in [5.74, 6) is 1.71. The highest BCUT2D eigenvalue weighted by atomic mass is 35.5. The first-order chi connectivity index (χ1) is 10.1. The average Bonchev–Trinajstić information content (AvgIpc) is 2.46. The Morgan fingerprint density at radius 1 is 1.48 bits per heavy atom. The molecule has 116 valence electrons. The Labute approximate surface area is 131 Å². The van der Waals surface area contributed by atoms with Crippen LogP contribution in [-0.4, -0.2) is 48.9 Å². The van der Waals surface area contributed by atoms with Gasteiger partial charge in [0.1, 0.15) is 0 Å². The van der Waals surface area contributed by atoms with Crippen LogP contribution in [-0.2, 0) is 4.74 Å². The van der Waals surface area contributed by atoms with Gasteiger partial charge in [-0.05, 0) is 30.4 Å². The molecular weight excluding hydrogens is 288 g/mol. The van der Waals surface area contributed by atoms with Gasteiger partial charge in [0.15, 0.2) is 5.82 Å². The number of morpholine rings is 1. The molecule has 1 atom stereocenters. The molecule has 1 saturated heterocycles. The summed E-state index contributed by atoms with van der Waals surface area (Å²) in [5, 5.41) is 0.322. The van der Waals surface area contributed by atoms with Gasteiger partial charge in [-0.25, -0.2) is 4.98 Å². The van der Waals surface area contributed by atoms with Crippen LogP contribution in [0.2, 0.25) is 5.28 Å². The van der Waals surface area contributed by atoms with E-state index in [1.807, 2.05) is 6.20 Å². The lowest BCUT2D eigenvalue weighted by atomic mass is 10.1. The van der Waals surface area contributed by atoms with Gasteiger partial charge in [0.2, 0.25) is 5.28 Å². The lowest BCUT2D eigenvalue weighted by Crippen LogP contribution is -2.55. The van der Waals surface area contributed by atoms with E-state index in [2.05, 4.69) is 33.6 Å². The monoisotopic (exact) mass is 310 g/mol. The molecule has 0 N–H and O–H groups in total. The van der Waals surface area contributed by atoms with Gasteiger partial charge in [0.05, 0.1) is 31.1 Å². The topological polar surface area (TPSA) is 41.5 Å². The fourth-order valence-electron chi connectivity index (χ4n) is 3.12. The Morgan fingerprint density at radius 3 is 3.14 bits per heavy atom. The van der Waals surface area contributed by atoms with Gasteiger partial charge >= 0.3 is 0 Å². The molecule has 0 bridgehead atoms. The Kier molecular flexibility index (Phi) is 4.50. The fourth-order valence-corrected chi connectivity index (χ4v) is 3.25. The maximum atomic E-state index is 6.00. The van der Waals surface area contributed by atoms with Gasteiger partial charge in [0.25, 0.3) is 0 Å². The second-order valence-corrected chi connectivity index (χ2v) is 6.59. The molecule has 1 aromatic rings. The number of hydrogen-bond acceptors (Lipinski definition) is 5. The van der Waals surface area contributed by atoms with Crippen molar-refractivity contribution in [3.05, 3.63) is 11.5 Å². The van der Waals surface area contributed by atoms with Crippen molar-refractivity contribution in [1.82, 2.24) is 9.97 Å². The van der Waals surface area contributed by atoms with Gasteiger partial charge < -0.3 is 14.5 Å². The smallest absolute Gasteiger partial charge is 0.224 e. The average molecular weight is 311 g/mol. The quantitative estimate of drug-likeness (QED) is 0.800. The highest BCUT2D eigenvalue weighted by molar-refractivity contribution is 6.28. The number of aromatic nitrogens is 2. The summed E-state index contributed by atoms with van der Waals surface area (Å²) in [6.45, 7) is 8.96. The van der Waals surface area contributed by atoms with Crippen molar-refractivity contribution in [1.29, 1.82) is 0 Å². The maximum Gasteiger partial charge on any atom is 0.224 e. The molecule has 6 heteroatoms. The molecule has 0 aliphatic carbocycles. The summed E-state index contributed by atoms with van der Waals surface area (Å²) in [5.41, 5.74) is 1.11. The first-order valence-corrected chi connectivity index (χ1v) is 8.15. The standard InChI is InChI=1S/C15H23ClN4O/c1-11(2)4-3-5-19-9-12-10-21-7-6-20(12)14-13(19)8-17-15(16)18-14/h8,11-12H,3-7,9-10H2,1-2H3/t12-/m1/s1. The van der Waals surface area contributed by atoms with E-state index in [0.717, 1.165) is 50.3 Å². The second kappa shape index (κ2) is 6.36. The molecule has 1 aromatic heterocycles. The SMILES string of the molecule is CC(C)CCCN1C[C@@H]2COCCN2c2nc(Cl)ncc21. The summed E-state index contributed by atoms with van der Waals surface area (Å²) >= 11 is 6.00. The normalized spacial score (nSPS) is 21.4. The maximum absolute atomic E-state index is 6.00. The predicted molar refractivity (Wildman–Crippen MR) is 85.3 cm³/mol. The van der Waals surface area contributed by atoms with Gasteiger partial charge in [-0.2, -0.15) is 4.98 Å². The third kappa shape index (κ3) is 3.24. The highest BCUT2D eigenvalue weighted by Gasteiger charge is 2.34. The van der Waals surface area contributed by atoms with Crippen LogP contribution in [0.15, 0.2) is 6.20 Å². The number of halogens is 1. The lowest BCUT2D eigenvalue weighted by Gasteiger charge is -2.45. The molecule has 21 heavy (non-hydrogen) atoms. The molecule has 1 fully saturated rings. The summed E-state index contributed by atoms with van der Waals surface area (Å²) in [6, 6.07) is 0.372. The fraction of sp³-hybridized carbons (Fsp3) is 0.733. The lowest BCUT2D eigenvalue weighted by molar-refractivity contribution is 0.0936. The number of nitrogens with zero attached hydrogens (tertiary/aromatic N) is 4. The third-order valence-corrected chi connectivity index (χ3v) is 4.38. The van der Waals surface area contributed by atoms with Gasteiger partial charge in [-0.15, -0.1) is 0 Å². The molecule has 0 unspecified atom stereocenters. The van der Waals surface area contributed by atoms with Crippen molar-refractivity contribution in [2.75, 3.05) is 42.6 Å². The van der Waals surface area contributed by atoms with Crippen LogP contribution in [0.25, 0.3) is 0 Å². The molecule has 2 aliphatic rings. The highest BCUT2D eigenvalue weighted by Crippen LogP contribution is 2.35. The van der Waals surface area contributed by atoms with Gasteiger partial charge in [-0.3, -0.25) is 0 Å².